The van der Waals surface area contributed by atoms with Crippen molar-refractivity contribution >= 4 is 22.6 Å². The minimum atomic E-state index is -0.639. The van der Waals surface area contributed by atoms with Crippen LogP contribution in [-0.4, -0.2) is 21.4 Å². The van der Waals surface area contributed by atoms with E-state index in [1.165, 1.54) is 19.3 Å². The first-order chi connectivity index (χ1) is 9.64. The lowest BCUT2D eigenvalue weighted by Gasteiger charge is -2.22. The van der Waals surface area contributed by atoms with Crippen molar-refractivity contribution < 1.29 is 4.79 Å². The molecule has 2 aliphatic carbocycles. The number of hydrogen-bond acceptors (Lipinski definition) is 3. The second-order valence-corrected chi connectivity index (χ2v) is 6.09. The van der Waals surface area contributed by atoms with E-state index in [1.807, 2.05) is 18.2 Å². The quantitative estimate of drug-likeness (QED) is 0.800. The molecule has 20 heavy (non-hydrogen) atoms. The normalized spacial score (nSPS) is 20.6. The summed E-state index contributed by atoms with van der Waals surface area (Å²) in [6.45, 7) is 0. The van der Waals surface area contributed by atoms with Gasteiger partial charge in [-0.2, -0.15) is 0 Å². The Labute approximate surface area is 117 Å². The Morgan fingerprint density at radius 3 is 2.85 bits per heavy atom. The molecule has 2 aliphatic rings. The van der Waals surface area contributed by atoms with Crippen LogP contribution in [0.4, 0.5) is 5.69 Å². The van der Waals surface area contributed by atoms with Gasteiger partial charge in [-0.3, -0.25) is 4.79 Å². The minimum Gasteiger partial charge on any atom is -0.342 e. The number of nitrogens with one attached hydrogen (secondary N) is 2. The number of rotatable bonds is 3. The first-order valence-electron chi connectivity index (χ1n) is 7.24. The molecule has 104 valence electrons. The van der Waals surface area contributed by atoms with Crippen LogP contribution in [0.25, 0.3) is 11.0 Å². The molecule has 5 heteroatoms. The third kappa shape index (κ3) is 1.89. The fourth-order valence-electron chi connectivity index (χ4n) is 2.60. The topological polar surface area (TPSA) is 83.8 Å². The van der Waals surface area contributed by atoms with Crippen molar-refractivity contribution in [3.8, 4) is 0 Å². The van der Waals surface area contributed by atoms with Crippen LogP contribution in [0.15, 0.2) is 18.2 Å². The molecule has 1 amide bonds. The Kier molecular flexibility index (Phi) is 2.41. The van der Waals surface area contributed by atoms with E-state index in [2.05, 4.69) is 15.3 Å². The van der Waals surface area contributed by atoms with Gasteiger partial charge in [-0.05, 0) is 43.9 Å². The third-order valence-electron chi connectivity index (χ3n) is 4.49. The molecule has 1 aromatic carbocycles. The number of hydrogen-bond donors (Lipinski definition) is 3. The fourth-order valence-corrected chi connectivity index (χ4v) is 2.60. The summed E-state index contributed by atoms with van der Waals surface area (Å²) in [4.78, 5) is 19.9. The summed E-state index contributed by atoms with van der Waals surface area (Å²) < 4.78 is 0. The van der Waals surface area contributed by atoms with Crippen LogP contribution in [0, 0.1) is 0 Å². The van der Waals surface area contributed by atoms with Crippen LogP contribution in [-0.2, 0) is 4.79 Å². The van der Waals surface area contributed by atoms with E-state index in [9.17, 15) is 4.79 Å². The van der Waals surface area contributed by atoms with E-state index < -0.39 is 5.54 Å². The maximum atomic E-state index is 11.9. The SMILES string of the molecule is NC1(C(=O)Nc2ccc3nc(C4CCC4)[nH]c3c2)CC1. The Bertz CT molecular complexity index is 682. The van der Waals surface area contributed by atoms with Crippen LogP contribution in [0.3, 0.4) is 0 Å². The van der Waals surface area contributed by atoms with Crippen molar-refractivity contribution in [2.24, 2.45) is 5.73 Å². The highest BCUT2D eigenvalue weighted by Crippen LogP contribution is 2.36. The second kappa shape index (κ2) is 4.06. The number of amides is 1. The number of H-pyrrole nitrogens is 1. The molecule has 0 atom stereocenters. The van der Waals surface area contributed by atoms with Crippen LogP contribution in [0.2, 0.25) is 0 Å². The van der Waals surface area contributed by atoms with Crippen molar-refractivity contribution in [3.05, 3.63) is 24.0 Å². The number of carbonyl (C=O) groups is 1. The van der Waals surface area contributed by atoms with Gasteiger partial charge in [0.25, 0.3) is 0 Å². The highest BCUT2D eigenvalue weighted by atomic mass is 16.2. The Balaban J connectivity index is 1.59. The molecule has 0 bridgehead atoms. The minimum absolute atomic E-state index is 0.0874. The molecular formula is C15H18N4O. The first-order valence-corrected chi connectivity index (χ1v) is 7.24. The maximum absolute atomic E-state index is 11.9. The van der Waals surface area contributed by atoms with Crippen LogP contribution in [0.5, 0.6) is 0 Å². The largest absolute Gasteiger partial charge is 0.342 e. The second-order valence-electron chi connectivity index (χ2n) is 6.09. The van der Waals surface area contributed by atoms with Gasteiger partial charge in [-0.15, -0.1) is 0 Å². The van der Waals surface area contributed by atoms with Crippen molar-refractivity contribution in [1.82, 2.24) is 9.97 Å². The van der Waals surface area contributed by atoms with Crippen molar-refractivity contribution in [2.75, 3.05) is 5.32 Å². The predicted molar refractivity (Wildman–Crippen MR) is 77.5 cm³/mol. The highest BCUT2D eigenvalue weighted by Gasteiger charge is 2.45. The summed E-state index contributed by atoms with van der Waals surface area (Å²) in [6, 6.07) is 5.77. The summed E-state index contributed by atoms with van der Waals surface area (Å²) in [5, 5.41) is 2.89. The zero-order chi connectivity index (χ0) is 13.7. The van der Waals surface area contributed by atoms with Gasteiger partial charge in [-0.1, -0.05) is 6.42 Å². The van der Waals surface area contributed by atoms with E-state index in [1.54, 1.807) is 0 Å². The van der Waals surface area contributed by atoms with Crippen molar-refractivity contribution in [3.63, 3.8) is 0 Å². The Morgan fingerprint density at radius 1 is 1.40 bits per heavy atom. The Hall–Kier alpha value is -1.88. The summed E-state index contributed by atoms with van der Waals surface area (Å²) in [7, 11) is 0. The summed E-state index contributed by atoms with van der Waals surface area (Å²) in [5.74, 6) is 1.57. The molecular weight excluding hydrogens is 252 g/mol. The van der Waals surface area contributed by atoms with Gasteiger partial charge in [0, 0.05) is 11.6 Å². The number of carbonyl (C=O) groups excluding carboxylic acids is 1. The van der Waals surface area contributed by atoms with Gasteiger partial charge in [0.05, 0.1) is 16.6 Å². The zero-order valence-corrected chi connectivity index (χ0v) is 11.3. The van der Waals surface area contributed by atoms with Gasteiger partial charge in [0.15, 0.2) is 0 Å². The van der Waals surface area contributed by atoms with E-state index >= 15 is 0 Å². The fraction of sp³-hybridized carbons (Fsp3) is 0.467. The third-order valence-corrected chi connectivity index (χ3v) is 4.49. The van der Waals surface area contributed by atoms with E-state index in [-0.39, 0.29) is 5.91 Å². The van der Waals surface area contributed by atoms with Gasteiger partial charge in [0.1, 0.15) is 5.82 Å². The van der Waals surface area contributed by atoms with Crippen molar-refractivity contribution in [2.45, 2.75) is 43.6 Å². The highest BCUT2D eigenvalue weighted by molar-refractivity contribution is 6.01. The standard InChI is InChI=1S/C15H18N4O/c16-15(6-7-15)14(20)17-10-4-5-11-12(8-10)19-13(18-11)9-2-1-3-9/h4-5,8-9H,1-3,6-7,16H2,(H,17,20)(H,18,19). The first kappa shape index (κ1) is 11.9. The molecule has 2 fully saturated rings. The molecule has 2 saturated carbocycles. The van der Waals surface area contributed by atoms with Crippen LogP contribution >= 0.6 is 0 Å². The lowest BCUT2D eigenvalue weighted by atomic mass is 9.85. The molecule has 5 nitrogen and oxygen atoms in total. The van der Waals surface area contributed by atoms with E-state index in [0.29, 0.717) is 5.92 Å². The monoisotopic (exact) mass is 270 g/mol. The lowest BCUT2D eigenvalue weighted by molar-refractivity contribution is -0.118. The number of imidazole rings is 1. The molecule has 2 aromatic rings. The smallest absolute Gasteiger partial charge is 0.244 e. The van der Waals surface area contributed by atoms with Gasteiger partial charge < -0.3 is 16.0 Å². The van der Waals surface area contributed by atoms with Gasteiger partial charge >= 0.3 is 0 Å². The summed E-state index contributed by atoms with van der Waals surface area (Å²) in [6.07, 6.45) is 5.29. The number of aromatic amines is 1. The van der Waals surface area contributed by atoms with E-state index in [4.69, 9.17) is 5.73 Å². The number of fused-ring (bicyclic) bond motifs is 1. The molecule has 0 unspecified atom stereocenters. The predicted octanol–water partition coefficient (Wildman–Crippen LogP) is 2.26. The van der Waals surface area contributed by atoms with E-state index in [0.717, 1.165) is 35.4 Å². The maximum Gasteiger partial charge on any atom is 0.244 e. The number of benzene rings is 1. The molecule has 0 spiro atoms. The van der Waals surface area contributed by atoms with Gasteiger partial charge in [0.2, 0.25) is 5.91 Å². The van der Waals surface area contributed by atoms with Gasteiger partial charge in [-0.25, -0.2) is 4.98 Å². The molecule has 0 radical (unpaired) electrons. The number of aromatic nitrogens is 2. The molecule has 4 rings (SSSR count). The van der Waals surface area contributed by atoms with Crippen LogP contribution in [0.1, 0.15) is 43.8 Å². The molecule has 0 saturated heterocycles. The average Bonchev–Trinajstić information content (AvgIpc) is 2.98. The average molecular weight is 270 g/mol. The molecule has 1 aromatic heterocycles. The summed E-state index contributed by atoms with van der Waals surface area (Å²) >= 11 is 0. The Morgan fingerprint density at radius 2 is 2.20 bits per heavy atom. The molecule has 4 N–H and O–H groups in total. The molecule has 0 aliphatic heterocycles. The summed E-state index contributed by atoms with van der Waals surface area (Å²) in [5.41, 5.74) is 7.97. The number of anilines is 1. The zero-order valence-electron chi connectivity index (χ0n) is 11.3. The van der Waals surface area contributed by atoms with Crippen LogP contribution < -0.4 is 11.1 Å². The number of nitrogens with zero attached hydrogens (tertiary/aromatic N) is 1. The van der Waals surface area contributed by atoms with Crippen molar-refractivity contribution in [1.29, 1.82) is 0 Å². The lowest BCUT2D eigenvalue weighted by Crippen LogP contribution is -2.37. The number of nitrogens with two attached hydrogens (primary N) is 1. The molecule has 1 heterocycles.